The molecule has 0 unspecified atom stereocenters. The van der Waals surface area contributed by atoms with Crippen LogP contribution in [0.3, 0.4) is 0 Å². The third-order valence-electron chi connectivity index (χ3n) is 2.49. The first-order valence-electron chi connectivity index (χ1n) is 6.14. The molecule has 3 nitrogen and oxygen atoms in total. The first-order chi connectivity index (χ1) is 8.52. The molecular weight excluding hydrogens is 224 g/mol. The second kappa shape index (κ2) is 6.70. The monoisotopic (exact) mass is 244 g/mol. The minimum Gasteiger partial charge on any atom is -0.374 e. The van der Waals surface area contributed by atoms with E-state index < -0.39 is 0 Å². The molecule has 0 saturated carbocycles. The van der Waals surface area contributed by atoms with Crippen molar-refractivity contribution in [2.24, 2.45) is 5.92 Å². The lowest BCUT2D eigenvalue weighted by atomic mass is 10.2. The summed E-state index contributed by atoms with van der Waals surface area (Å²) < 4.78 is 0. The van der Waals surface area contributed by atoms with Gasteiger partial charge in [0.05, 0.1) is 0 Å². The Hall–Kier alpha value is -1.95. The van der Waals surface area contributed by atoms with E-state index in [9.17, 15) is 4.79 Å². The molecule has 1 atom stereocenters. The van der Waals surface area contributed by atoms with Crippen LogP contribution in [0.15, 0.2) is 24.3 Å². The topological polar surface area (TPSA) is 41.1 Å². The summed E-state index contributed by atoms with van der Waals surface area (Å²) in [5.41, 5.74) is 1.66. The summed E-state index contributed by atoms with van der Waals surface area (Å²) >= 11 is 0. The lowest BCUT2D eigenvalue weighted by molar-refractivity contribution is -0.121. The van der Waals surface area contributed by atoms with E-state index in [0.717, 1.165) is 11.3 Å². The number of rotatable bonds is 5. The number of anilines is 1. The van der Waals surface area contributed by atoms with E-state index in [1.54, 1.807) is 0 Å². The standard InChI is InChI=1S/C15H20N2O/c1-5-13-7-6-8-14(9-13)17-12(4)15(18)16-10-11(2)3/h1,6-9,11-12,17H,10H2,2-4H3,(H,16,18)/t12-/m1/s1. The van der Waals surface area contributed by atoms with Gasteiger partial charge in [-0.1, -0.05) is 25.8 Å². The van der Waals surface area contributed by atoms with E-state index in [-0.39, 0.29) is 11.9 Å². The van der Waals surface area contributed by atoms with Crippen molar-refractivity contribution < 1.29 is 4.79 Å². The van der Waals surface area contributed by atoms with Crippen LogP contribution in [-0.2, 0) is 4.79 Å². The van der Waals surface area contributed by atoms with Crippen LogP contribution in [0.25, 0.3) is 0 Å². The lowest BCUT2D eigenvalue weighted by Crippen LogP contribution is -2.39. The number of carbonyl (C=O) groups excluding carboxylic acids is 1. The zero-order valence-corrected chi connectivity index (χ0v) is 11.2. The Bertz CT molecular complexity index is 446. The van der Waals surface area contributed by atoms with Gasteiger partial charge in [0.1, 0.15) is 6.04 Å². The summed E-state index contributed by atoms with van der Waals surface area (Å²) in [6.07, 6.45) is 5.33. The fourth-order valence-corrected chi connectivity index (χ4v) is 1.47. The maximum atomic E-state index is 11.8. The first kappa shape index (κ1) is 14.1. The van der Waals surface area contributed by atoms with Crippen LogP contribution in [0.2, 0.25) is 0 Å². The van der Waals surface area contributed by atoms with E-state index in [1.165, 1.54) is 0 Å². The minimum absolute atomic E-state index is 0.00480. The molecule has 0 bridgehead atoms. The fourth-order valence-electron chi connectivity index (χ4n) is 1.47. The van der Waals surface area contributed by atoms with Crippen molar-refractivity contribution >= 4 is 11.6 Å². The highest BCUT2D eigenvalue weighted by molar-refractivity contribution is 5.84. The molecule has 0 heterocycles. The molecule has 18 heavy (non-hydrogen) atoms. The largest absolute Gasteiger partial charge is 0.374 e. The third-order valence-corrected chi connectivity index (χ3v) is 2.49. The van der Waals surface area contributed by atoms with Gasteiger partial charge in [0.15, 0.2) is 0 Å². The number of terminal acetylenes is 1. The van der Waals surface area contributed by atoms with Crippen LogP contribution in [0, 0.1) is 18.3 Å². The average molecular weight is 244 g/mol. The second-order valence-electron chi connectivity index (χ2n) is 4.73. The maximum absolute atomic E-state index is 11.8. The van der Waals surface area contributed by atoms with Gasteiger partial charge >= 0.3 is 0 Å². The lowest BCUT2D eigenvalue weighted by Gasteiger charge is -2.16. The van der Waals surface area contributed by atoms with Gasteiger partial charge in [-0.2, -0.15) is 0 Å². The predicted octanol–water partition coefficient (Wildman–Crippen LogP) is 2.24. The smallest absolute Gasteiger partial charge is 0.242 e. The van der Waals surface area contributed by atoms with Crippen LogP contribution >= 0.6 is 0 Å². The van der Waals surface area contributed by atoms with Crippen molar-refractivity contribution in [3.63, 3.8) is 0 Å². The molecule has 0 aromatic heterocycles. The van der Waals surface area contributed by atoms with Crippen molar-refractivity contribution in [2.75, 3.05) is 11.9 Å². The van der Waals surface area contributed by atoms with Gasteiger partial charge in [0, 0.05) is 17.8 Å². The Morgan fingerprint density at radius 2 is 2.11 bits per heavy atom. The normalized spacial score (nSPS) is 11.7. The van der Waals surface area contributed by atoms with Gasteiger partial charge in [-0.25, -0.2) is 0 Å². The van der Waals surface area contributed by atoms with Crippen LogP contribution in [-0.4, -0.2) is 18.5 Å². The molecule has 0 aliphatic carbocycles. The average Bonchev–Trinajstić information content (AvgIpc) is 2.36. The van der Waals surface area contributed by atoms with Crippen LogP contribution in [0.1, 0.15) is 26.3 Å². The number of hydrogen-bond donors (Lipinski definition) is 2. The number of nitrogens with one attached hydrogen (secondary N) is 2. The van der Waals surface area contributed by atoms with Gasteiger partial charge < -0.3 is 10.6 Å². The van der Waals surface area contributed by atoms with E-state index in [4.69, 9.17) is 6.42 Å². The van der Waals surface area contributed by atoms with Gasteiger partial charge in [0.2, 0.25) is 5.91 Å². The number of amides is 1. The molecule has 0 radical (unpaired) electrons. The maximum Gasteiger partial charge on any atom is 0.242 e. The van der Waals surface area contributed by atoms with E-state index >= 15 is 0 Å². The summed E-state index contributed by atoms with van der Waals surface area (Å²) in [6.45, 7) is 6.65. The number of benzene rings is 1. The summed E-state index contributed by atoms with van der Waals surface area (Å²) in [7, 11) is 0. The SMILES string of the molecule is C#Cc1cccc(N[C@H](C)C(=O)NCC(C)C)c1. The molecule has 0 fully saturated rings. The molecule has 1 aromatic carbocycles. The molecule has 1 aromatic rings. The summed E-state index contributed by atoms with van der Waals surface area (Å²) in [4.78, 5) is 11.8. The van der Waals surface area contributed by atoms with Crippen molar-refractivity contribution in [3.05, 3.63) is 29.8 Å². The Morgan fingerprint density at radius 3 is 2.72 bits per heavy atom. The fraction of sp³-hybridized carbons (Fsp3) is 0.400. The molecule has 2 N–H and O–H groups in total. The highest BCUT2D eigenvalue weighted by Crippen LogP contribution is 2.11. The third kappa shape index (κ3) is 4.50. The quantitative estimate of drug-likeness (QED) is 0.780. The molecule has 0 saturated heterocycles. The molecule has 0 spiro atoms. The molecule has 0 aliphatic rings. The second-order valence-corrected chi connectivity index (χ2v) is 4.73. The summed E-state index contributed by atoms with van der Waals surface area (Å²) in [5.74, 6) is 3.01. The van der Waals surface area contributed by atoms with E-state index in [2.05, 4.69) is 30.4 Å². The van der Waals surface area contributed by atoms with E-state index in [1.807, 2.05) is 31.2 Å². The highest BCUT2D eigenvalue weighted by Gasteiger charge is 2.12. The Kier molecular flexibility index (Phi) is 5.26. The van der Waals surface area contributed by atoms with Crippen LogP contribution in [0.4, 0.5) is 5.69 Å². The molecular formula is C15H20N2O. The Labute approximate surface area is 109 Å². The first-order valence-corrected chi connectivity index (χ1v) is 6.14. The Balaban J connectivity index is 2.55. The summed E-state index contributed by atoms with van der Waals surface area (Å²) in [5, 5.41) is 6.02. The van der Waals surface area contributed by atoms with Crippen molar-refractivity contribution in [1.29, 1.82) is 0 Å². The van der Waals surface area contributed by atoms with Crippen molar-refractivity contribution in [2.45, 2.75) is 26.8 Å². The van der Waals surface area contributed by atoms with Crippen LogP contribution < -0.4 is 10.6 Å². The van der Waals surface area contributed by atoms with Gasteiger partial charge in [0.25, 0.3) is 0 Å². The van der Waals surface area contributed by atoms with Crippen LogP contribution in [0.5, 0.6) is 0 Å². The Morgan fingerprint density at radius 1 is 1.39 bits per heavy atom. The zero-order chi connectivity index (χ0) is 13.5. The van der Waals surface area contributed by atoms with Crippen molar-refractivity contribution in [3.8, 4) is 12.3 Å². The number of carbonyl (C=O) groups is 1. The molecule has 0 aliphatic heterocycles. The molecule has 3 heteroatoms. The van der Waals surface area contributed by atoms with Gasteiger partial charge in [-0.3, -0.25) is 4.79 Å². The van der Waals surface area contributed by atoms with E-state index in [0.29, 0.717) is 12.5 Å². The highest BCUT2D eigenvalue weighted by atomic mass is 16.2. The molecule has 1 rings (SSSR count). The number of hydrogen-bond acceptors (Lipinski definition) is 2. The summed E-state index contributed by atoms with van der Waals surface area (Å²) in [6, 6.07) is 7.20. The van der Waals surface area contributed by atoms with Gasteiger partial charge in [-0.05, 0) is 31.0 Å². The minimum atomic E-state index is -0.281. The van der Waals surface area contributed by atoms with Crippen molar-refractivity contribution in [1.82, 2.24) is 5.32 Å². The molecule has 96 valence electrons. The zero-order valence-electron chi connectivity index (χ0n) is 11.2. The van der Waals surface area contributed by atoms with Gasteiger partial charge in [-0.15, -0.1) is 6.42 Å². The predicted molar refractivity (Wildman–Crippen MR) is 75.3 cm³/mol. The molecule has 1 amide bonds.